The first-order chi connectivity index (χ1) is 8.77. The molecule has 0 fully saturated rings. The summed E-state index contributed by atoms with van der Waals surface area (Å²) in [6.07, 6.45) is 0. The smallest absolute Gasteiger partial charge is 0.313 e. The van der Waals surface area contributed by atoms with Gasteiger partial charge in [-0.15, -0.1) is 12.4 Å². The average Bonchev–Trinajstić information content (AvgIpc) is 2.37. The molecule has 1 atom stereocenters. The Morgan fingerprint density at radius 2 is 2.10 bits per heavy atom. The summed E-state index contributed by atoms with van der Waals surface area (Å²) in [5, 5.41) is 19.0. The number of benzene rings is 1. The molecule has 0 aromatic heterocycles. The monoisotopic (exact) mass is 362 g/mol. The molecule has 0 saturated carbocycles. The van der Waals surface area contributed by atoms with Gasteiger partial charge in [-0.3, -0.25) is 4.79 Å². The maximum atomic E-state index is 11.8. The molecule has 1 rings (SSSR count). The number of phenolic OH excluding ortho intramolecular Hbond substituents is 1. The lowest BCUT2D eigenvalue weighted by Crippen LogP contribution is -2.37. The largest absolute Gasteiger partial charge is 0.506 e. The normalized spacial score (nSPS) is 12.0. The van der Waals surface area contributed by atoms with E-state index in [0.717, 1.165) is 0 Å². The van der Waals surface area contributed by atoms with Crippen molar-refractivity contribution in [1.29, 1.82) is 5.26 Å². The van der Waals surface area contributed by atoms with Crippen LogP contribution in [0.1, 0.15) is 31.0 Å². The second-order valence-corrected chi connectivity index (χ2v) is 5.51. The van der Waals surface area contributed by atoms with E-state index in [1.54, 1.807) is 19.9 Å². The SMILES string of the molecule is COC(=O)C(C)(C)[C@H](N)c1c(Br)ccc(C#N)c1O.Cl. The van der Waals surface area contributed by atoms with E-state index in [1.165, 1.54) is 13.2 Å². The van der Waals surface area contributed by atoms with Gasteiger partial charge in [0.05, 0.1) is 24.1 Å². The fourth-order valence-corrected chi connectivity index (χ4v) is 2.29. The molecule has 0 bridgehead atoms. The fraction of sp³-hybridized carbons (Fsp3) is 0.385. The van der Waals surface area contributed by atoms with Crippen LogP contribution in [0.4, 0.5) is 0 Å². The van der Waals surface area contributed by atoms with Gasteiger partial charge in [-0.2, -0.15) is 5.26 Å². The summed E-state index contributed by atoms with van der Waals surface area (Å²) in [7, 11) is 1.28. The van der Waals surface area contributed by atoms with Gasteiger partial charge in [-0.1, -0.05) is 15.9 Å². The van der Waals surface area contributed by atoms with Gasteiger partial charge in [-0.25, -0.2) is 0 Å². The molecule has 0 saturated heterocycles. The molecule has 20 heavy (non-hydrogen) atoms. The van der Waals surface area contributed by atoms with E-state index in [0.29, 0.717) is 10.0 Å². The molecule has 0 spiro atoms. The van der Waals surface area contributed by atoms with Gasteiger partial charge < -0.3 is 15.6 Å². The molecular formula is C13H16BrClN2O3. The highest BCUT2D eigenvalue weighted by Gasteiger charge is 2.39. The lowest BCUT2D eigenvalue weighted by Gasteiger charge is -2.30. The Morgan fingerprint density at radius 3 is 2.55 bits per heavy atom. The van der Waals surface area contributed by atoms with Crippen molar-refractivity contribution in [1.82, 2.24) is 0 Å². The van der Waals surface area contributed by atoms with E-state index < -0.39 is 17.4 Å². The number of esters is 1. The predicted octanol–water partition coefficient (Wildman–Crippen LogP) is 2.65. The molecule has 5 nitrogen and oxygen atoms in total. The Kier molecular flexibility index (Phi) is 6.48. The number of nitriles is 1. The maximum Gasteiger partial charge on any atom is 0.313 e. The van der Waals surface area contributed by atoms with Gasteiger partial charge in [0.15, 0.2) is 0 Å². The number of phenols is 1. The van der Waals surface area contributed by atoms with Crippen molar-refractivity contribution in [2.75, 3.05) is 7.11 Å². The summed E-state index contributed by atoms with van der Waals surface area (Å²) in [6, 6.07) is 4.14. The van der Waals surface area contributed by atoms with Gasteiger partial charge in [-0.05, 0) is 26.0 Å². The van der Waals surface area contributed by atoms with Crippen LogP contribution < -0.4 is 5.73 Å². The van der Waals surface area contributed by atoms with E-state index in [1.807, 2.05) is 6.07 Å². The Morgan fingerprint density at radius 1 is 1.55 bits per heavy atom. The number of nitrogens with two attached hydrogens (primary N) is 1. The second kappa shape index (κ2) is 6.93. The Labute approximate surface area is 132 Å². The number of carbonyl (C=O) groups excluding carboxylic acids is 1. The van der Waals surface area contributed by atoms with Crippen molar-refractivity contribution in [2.24, 2.45) is 11.1 Å². The molecule has 0 aliphatic rings. The van der Waals surface area contributed by atoms with Gasteiger partial charge in [0.25, 0.3) is 0 Å². The van der Waals surface area contributed by atoms with Gasteiger partial charge in [0, 0.05) is 10.0 Å². The first kappa shape index (κ1) is 18.7. The zero-order valence-electron chi connectivity index (χ0n) is 11.3. The van der Waals surface area contributed by atoms with Gasteiger partial charge in [0.1, 0.15) is 11.8 Å². The standard InChI is InChI=1S/C13H15BrN2O3.ClH/c1-13(2,12(18)19-3)11(16)9-8(14)5-4-7(6-15)10(9)17;/h4-5,11,17H,16H2,1-3H3;1H/t11-;/m1./s1. The predicted molar refractivity (Wildman–Crippen MR) is 80.5 cm³/mol. The number of aromatic hydroxyl groups is 1. The topological polar surface area (TPSA) is 96.3 Å². The molecule has 3 N–H and O–H groups in total. The number of rotatable bonds is 3. The van der Waals surface area contributed by atoms with Crippen LogP contribution in [0.25, 0.3) is 0 Å². The molecule has 0 amide bonds. The number of hydrogen-bond acceptors (Lipinski definition) is 5. The summed E-state index contributed by atoms with van der Waals surface area (Å²) in [5.74, 6) is -0.713. The highest BCUT2D eigenvalue weighted by molar-refractivity contribution is 9.10. The Hall–Kier alpha value is -1.29. The molecular weight excluding hydrogens is 348 g/mol. The molecule has 0 radical (unpaired) electrons. The lowest BCUT2D eigenvalue weighted by molar-refractivity contribution is -0.152. The van der Waals surface area contributed by atoms with Crippen LogP contribution in [0.15, 0.2) is 16.6 Å². The second-order valence-electron chi connectivity index (χ2n) is 4.66. The van der Waals surface area contributed by atoms with Crippen LogP contribution in [0.3, 0.4) is 0 Å². The number of halogens is 2. The van der Waals surface area contributed by atoms with Crippen molar-refractivity contribution in [3.8, 4) is 11.8 Å². The van der Waals surface area contributed by atoms with Gasteiger partial charge in [0.2, 0.25) is 0 Å². The van der Waals surface area contributed by atoms with Crippen LogP contribution in [0.2, 0.25) is 0 Å². The average molecular weight is 364 g/mol. The molecule has 110 valence electrons. The molecule has 7 heteroatoms. The summed E-state index contributed by atoms with van der Waals surface area (Å²) in [4.78, 5) is 11.8. The summed E-state index contributed by atoms with van der Waals surface area (Å²) >= 11 is 3.27. The van der Waals surface area contributed by atoms with Crippen LogP contribution in [-0.2, 0) is 9.53 Å². The summed E-state index contributed by atoms with van der Waals surface area (Å²) in [5.41, 5.74) is 5.46. The number of hydrogen-bond donors (Lipinski definition) is 2. The molecule has 0 aliphatic heterocycles. The Bertz CT molecular complexity index is 555. The number of ether oxygens (including phenoxy) is 1. The third kappa shape index (κ3) is 3.23. The molecule has 0 unspecified atom stereocenters. The maximum absolute atomic E-state index is 11.8. The molecule has 0 heterocycles. The Balaban J connectivity index is 0.00000361. The van der Waals surface area contributed by atoms with Crippen molar-refractivity contribution in [3.63, 3.8) is 0 Å². The van der Waals surface area contributed by atoms with Crippen LogP contribution >= 0.6 is 28.3 Å². The van der Waals surface area contributed by atoms with E-state index in [2.05, 4.69) is 15.9 Å². The quantitative estimate of drug-likeness (QED) is 0.805. The third-order valence-electron chi connectivity index (χ3n) is 3.08. The van der Waals surface area contributed by atoms with E-state index >= 15 is 0 Å². The molecule has 1 aromatic rings. The van der Waals surface area contributed by atoms with E-state index in [4.69, 9.17) is 15.7 Å². The minimum Gasteiger partial charge on any atom is -0.506 e. The first-order valence-corrected chi connectivity index (χ1v) is 6.32. The molecule has 0 aliphatic carbocycles. The zero-order chi connectivity index (χ0) is 14.8. The number of nitrogens with zero attached hydrogens (tertiary/aromatic N) is 1. The van der Waals surface area contributed by atoms with Crippen molar-refractivity contribution in [2.45, 2.75) is 19.9 Å². The van der Waals surface area contributed by atoms with Crippen molar-refractivity contribution >= 4 is 34.3 Å². The van der Waals surface area contributed by atoms with E-state index in [9.17, 15) is 9.90 Å². The minimum absolute atomic E-state index is 0. The van der Waals surface area contributed by atoms with Crippen LogP contribution in [0.5, 0.6) is 5.75 Å². The fourth-order valence-electron chi connectivity index (χ4n) is 1.72. The highest BCUT2D eigenvalue weighted by Crippen LogP contribution is 2.41. The third-order valence-corrected chi connectivity index (χ3v) is 3.78. The molecule has 1 aromatic carbocycles. The summed E-state index contributed by atoms with van der Waals surface area (Å²) < 4.78 is 5.25. The lowest BCUT2D eigenvalue weighted by atomic mass is 9.80. The highest BCUT2D eigenvalue weighted by atomic mass is 79.9. The van der Waals surface area contributed by atoms with Crippen LogP contribution in [-0.4, -0.2) is 18.2 Å². The van der Waals surface area contributed by atoms with Crippen molar-refractivity contribution in [3.05, 3.63) is 27.7 Å². The first-order valence-electron chi connectivity index (χ1n) is 5.52. The van der Waals surface area contributed by atoms with Crippen molar-refractivity contribution < 1.29 is 14.6 Å². The minimum atomic E-state index is -1.04. The number of carbonyl (C=O) groups is 1. The van der Waals surface area contributed by atoms with Gasteiger partial charge >= 0.3 is 5.97 Å². The van der Waals surface area contributed by atoms with E-state index in [-0.39, 0.29) is 23.7 Å². The summed E-state index contributed by atoms with van der Waals surface area (Å²) in [6.45, 7) is 3.24. The zero-order valence-corrected chi connectivity index (χ0v) is 13.7. The number of methoxy groups -OCH3 is 1. The van der Waals surface area contributed by atoms with Crippen LogP contribution in [0, 0.1) is 16.7 Å².